The molecule has 0 bridgehead atoms. The summed E-state index contributed by atoms with van der Waals surface area (Å²) in [4.78, 5) is 0. The molecule has 0 radical (unpaired) electrons. The summed E-state index contributed by atoms with van der Waals surface area (Å²) in [5.74, 6) is 0. The number of aromatic nitrogens is 2. The first-order chi connectivity index (χ1) is 9.04. The monoisotopic (exact) mass is 269 g/mol. The van der Waals surface area contributed by atoms with Crippen LogP contribution in [0.25, 0.3) is 5.69 Å². The van der Waals surface area contributed by atoms with Crippen molar-refractivity contribution in [3.8, 4) is 5.69 Å². The van der Waals surface area contributed by atoms with Crippen LogP contribution in [-0.4, -0.2) is 22.5 Å². The lowest BCUT2D eigenvalue weighted by atomic mass is 10.2. The van der Waals surface area contributed by atoms with Crippen LogP contribution in [-0.2, 0) is 0 Å². The largest absolute Gasteiger partial charge is 0.409 e. The van der Waals surface area contributed by atoms with E-state index in [0.29, 0.717) is 5.69 Å². The normalized spacial score (nSPS) is 13.5. The number of nitrogens with one attached hydrogen (secondary N) is 1. The van der Waals surface area contributed by atoms with Crippen molar-refractivity contribution >= 4 is 0 Å². The molecule has 6 heteroatoms. The third-order valence-corrected chi connectivity index (χ3v) is 2.70. The van der Waals surface area contributed by atoms with Crippen LogP contribution in [0.5, 0.6) is 0 Å². The summed E-state index contributed by atoms with van der Waals surface area (Å²) in [6.45, 7) is 1.87. The van der Waals surface area contributed by atoms with Crippen LogP contribution in [0.2, 0.25) is 0 Å². The molecule has 3 nitrogen and oxygen atoms in total. The quantitative estimate of drug-likeness (QED) is 0.924. The van der Waals surface area contributed by atoms with E-state index in [9.17, 15) is 13.2 Å². The van der Waals surface area contributed by atoms with Gasteiger partial charge in [0, 0.05) is 6.20 Å². The summed E-state index contributed by atoms with van der Waals surface area (Å²) in [5.41, 5.74) is 0.690. The molecule has 1 atom stereocenters. The number of hydrogen-bond donors (Lipinski definition) is 1. The second-order valence-corrected chi connectivity index (χ2v) is 4.04. The molecule has 0 aliphatic carbocycles. The smallest absolute Gasteiger partial charge is 0.301 e. The highest BCUT2D eigenvalue weighted by Gasteiger charge is 2.42. The molecule has 0 aliphatic heterocycles. The number of hydrogen-bond acceptors (Lipinski definition) is 2. The standard InChI is InChI=1S/C13H14F3N3/c1-2-17-12(13(14,15)16)11-8-9-18-19(11)10-6-4-3-5-7-10/h3-9,12,17H,2H2,1H3. The minimum absolute atomic E-state index is 0.0838. The Morgan fingerprint density at radius 3 is 2.47 bits per heavy atom. The molecule has 1 aromatic carbocycles. The highest BCUT2D eigenvalue weighted by molar-refractivity contribution is 5.33. The van der Waals surface area contributed by atoms with Crippen LogP contribution in [0.15, 0.2) is 42.6 Å². The summed E-state index contributed by atoms with van der Waals surface area (Å²) < 4.78 is 40.5. The maximum Gasteiger partial charge on any atom is 0.409 e. The Labute approximate surface area is 109 Å². The summed E-state index contributed by atoms with van der Waals surface area (Å²) in [6, 6.07) is 8.42. The third kappa shape index (κ3) is 2.96. The first kappa shape index (κ1) is 13.6. The molecule has 102 valence electrons. The molecule has 0 aliphatic rings. The van der Waals surface area contributed by atoms with Gasteiger partial charge >= 0.3 is 6.18 Å². The van der Waals surface area contributed by atoms with E-state index in [0.717, 1.165) is 0 Å². The van der Waals surface area contributed by atoms with Crippen molar-refractivity contribution in [1.82, 2.24) is 15.1 Å². The Bertz CT molecular complexity index is 519. The Morgan fingerprint density at radius 2 is 1.89 bits per heavy atom. The summed E-state index contributed by atoms with van der Waals surface area (Å²) >= 11 is 0. The van der Waals surface area contributed by atoms with Gasteiger partial charge in [-0.15, -0.1) is 0 Å². The van der Waals surface area contributed by atoms with Gasteiger partial charge in [0.1, 0.15) is 6.04 Å². The molecular formula is C13H14F3N3. The van der Waals surface area contributed by atoms with Crippen molar-refractivity contribution in [2.45, 2.75) is 19.1 Å². The number of alkyl halides is 3. The van der Waals surface area contributed by atoms with Crippen molar-refractivity contribution in [2.24, 2.45) is 0 Å². The number of rotatable bonds is 4. The van der Waals surface area contributed by atoms with E-state index in [1.165, 1.54) is 16.9 Å². The van der Waals surface area contributed by atoms with E-state index in [-0.39, 0.29) is 12.2 Å². The molecule has 0 fully saturated rings. The minimum Gasteiger partial charge on any atom is -0.301 e. The molecule has 0 amide bonds. The zero-order valence-electron chi connectivity index (χ0n) is 10.4. The van der Waals surface area contributed by atoms with Crippen molar-refractivity contribution in [1.29, 1.82) is 0 Å². The molecule has 1 heterocycles. The summed E-state index contributed by atoms with van der Waals surface area (Å²) in [7, 11) is 0. The molecule has 1 unspecified atom stereocenters. The van der Waals surface area contributed by atoms with E-state index in [1.807, 2.05) is 0 Å². The molecule has 2 rings (SSSR count). The predicted octanol–water partition coefficient (Wildman–Crippen LogP) is 3.09. The first-order valence-electron chi connectivity index (χ1n) is 5.93. The highest BCUT2D eigenvalue weighted by Crippen LogP contribution is 2.33. The maximum absolute atomic E-state index is 13.1. The Kier molecular flexibility index (Phi) is 3.90. The van der Waals surface area contributed by atoms with Crippen molar-refractivity contribution in [3.05, 3.63) is 48.3 Å². The molecule has 19 heavy (non-hydrogen) atoms. The fourth-order valence-electron chi connectivity index (χ4n) is 1.91. The second-order valence-electron chi connectivity index (χ2n) is 4.04. The zero-order valence-corrected chi connectivity index (χ0v) is 10.4. The van der Waals surface area contributed by atoms with Crippen LogP contribution in [0.1, 0.15) is 18.7 Å². The molecule has 1 aromatic heterocycles. The van der Waals surface area contributed by atoms with Gasteiger partial charge < -0.3 is 5.32 Å². The lowest BCUT2D eigenvalue weighted by molar-refractivity contribution is -0.158. The van der Waals surface area contributed by atoms with Crippen LogP contribution >= 0.6 is 0 Å². The van der Waals surface area contributed by atoms with Gasteiger partial charge in [0.2, 0.25) is 0 Å². The first-order valence-corrected chi connectivity index (χ1v) is 5.93. The topological polar surface area (TPSA) is 29.9 Å². The molecule has 1 N–H and O–H groups in total. The Morgan fingerprint density at radius 1 is 1.21 bits per heavy atom. The number of halogens is 3. The van der Waals surface area contributed by atoms with Gasteiger partial charge in [0.15, 0.2) is 0 Å². The molecule has 0 saturated heterocycles. The zero-order chi connectivity index (χ0) is 13.9. The van der Waals surface area contributed by atoms with Crippen molar-refractivity contribution in [3.63, 3.8) is 0 Å². The maximum atomic E-state index is 13.1. The van der Waals surface area contributed by atoms with Crippen LogP contribution < -0.4 is 5.32 Å². The second kappa shape index (κ2) is 5.44. The number of nitrogens with zero attached hydrogens (tertiary/aromatic N) is 2. The van der Waals surface area contributed by atoms with Gasteiger partial charge in [-0.3, -0.25) is 0 Å². The molecule has 0 spiro atoms. The average molecular weight is 269 g/mol. The number of benzene rings is 1. The lowest BCUT2D eigenvalue weighted by Crippen LogP contribution is -2.35. The van der Waals surface area contributed by atoms with E-state index in [4.69, 9.17) is 0 Å². The number of para-hydroxylation sites is 1. The highest BCUT2D eigenvalue weighted by atomic mass is 19.4. The summed E-state index contributed by atoms with van der Waals surface area (Å²) in [5, 5.41) is 6.43. The van der Waals surface area contributed by atoms with Gasteiger partial charge in [0.05, 0.1) is 11.4 Å². The van der Waals surface area contributed by atoms with E-state index in [1.54, 1.807) is 37.3 Å². The third-order valence-electron chi connectivity index (χ3n) is 2.70. The van der Waals surface area contributed by atoms with Gasteiger partial charge in [0.25, 0.3) is 0 Å². The van der Waals surface area contributed by atoms with Gasteiger partial charge in [-0.05, 0) is 24.7 Å². The fourth-order valence-corrected chi connectivity index (χ4v) is 1.91. The lowest BCUT2D eigenvalue weighted by Gasteiger charge is -2.22. The Hall–Kier alpha value is -1.82. The van der Waals surface area contributed by atoms with Crippen LogP contribution in [0.4, 0.5) is 13.2 Å². The van der Waals surface area contributed by atoms with Crippen LogP contribution in [0.3, 0.4) is 0 Å². The molecule has 2 aromatic rings. The Balaban J connectivity index is 2.43. The van der Waals surface area contributed by atoms with E-state index < -0.39 is 12.2 Å². The van der Waals surface area contributed by atoms with E-state index in [2.05, 4.69) is 10.4 Å². The minimum atomic E-state index is -4.36. The van der Waals surface area contributed by atoms with Gasteiger partial charge in [-0.2, -0.15) is 18.3 Å². The van der Waals surface area contributed by atoms with Gasteiger partial charge in [-0.1, -0.05) is 25.1 Å². The van der Waals surface area contributed by atoms with Crippen molar-refractivity contribution < 1.29 is 13.2 Å². The predicted molar refractivity (Wildman–Crippen MR) is 66.0 cm³/mol. The van der Waals surface area contributed by atoms with E-state index >= 15 is 0 Å². The van der Waals surface area contributed by atoms with Gasteiger partial charge in [-0.25, -0.2) is 4.68 Å². The van der Waals surface area contributed by atoms with Crippen LogP contribution in [0, 0.1) is 0 Å². The molecule has 0 saturated carbocycles. The SMILES string of the molecule is CCNC(c1ccnn1-c1ccccc1)C(F)(F)F. The average Bonchev–Trinajstić information content (AvgIpc) is 2.84. The molecular weight excluding hydrogens is 255 g/mol. The van der Waals surface area contributed by atoms with Crippen molar-refractivity contribution in [2.75, 3.05) is 6.54 Å². The summed E-state index contributed by atoms with van der Waals surface area (Å²) in [6.07, 6.45) is -2.99. The fraction of sp³-hybridized carbons (Fsp3) is 0.308.